The van der Waals surface area contributed by atoms with Crippen molar-refractivity contribution < 1.29 is 17.9 Å². The number of nitrogens with zero attached hydrogens (tertiary/aromatic N) is 2. The summed E-state index contributed by atoms with van der Waals surface area (Å²) >= 11 is 1.58. The van der Waals surface area contributed by atoms with Crippen LogP contribution in [-0.2, 0) is 6.18 Å². The van der Waals surface area contributed by atoms with E-state index < -0.39 is 11.7 Å². The summed E-state index contributed by atoms with van der Waals surface area (Å²) < 4.78 is 45.2. The minimum Gasteiger partial charge on any atom is -0.490 e. The van der Waals surface area contributed by atoms with Crippen LogP contribution in [0.3, 0.4) is 0 Å². The summed E-state index contributed by atoms with van der Waals surface area (Å²) in [6.45, 7) is 1.53. The molecule has 0 atom stereocenters. The number of benzene rings is 2. The van der Waals surface area contributed by atoms with Crippen molar-refractivity contribution in [2.75, 3.05) is 18.0 Å². The van der Waals surface area contributed by atoms with Gasteiger partial charge in [0.1, 0.15) is 11.9 Å². The molecule has 0 amide bonds. The smallest absolute Gasteiger partial charge is 0.416 e. The lowest BCUT2D eigenvalue weighted by Crippen LogP contribution is -2.38. The number of fused-ring (bicyclic) bond motifs is 1. The molecular weight excluding hydrogens is 361 g/mol. The number of thiazole rings is 1. The van der Waals surface area contributed by atoms with Gasteiger partial charge in [0.2, 0.25) is 0 Å². The highest BCUT2D eigenvalue weighted by atomic mass is 32.1. The summed E-state index contributed by atoms with van der Waals surface area (Å²) in [6, 6.07) is 11.3. The van der Waals surface area contributed by atoms with Gasteiger partial charge in [-0.1, -0.05) is 0 Å². The first-order valence-corrected chi connectivity index (χ1v) is 9.29. The van der Waals surface area contributed by atoms with Gasteiger partial charge in [-0.25, -0.2) is 4.98 Å². The summed E-state index contributed by atoms with van der Waals surface area (Å²) in [7, 11) is 0. The fourth-order valence-electron chi connectivity index (χ4n) is 3.19. The molecule has 3 nitrogen and oxygen atoms in total. The van der Waals surface area contributed by atoms with E-state index in [0.717, 1.165) is 59.7 Å². The minimum absolute atomic E-state index is 0.117. The lowest BCUT2D eigenvalue weighted by molar-refractivity contribution is -0.137. The molecule has 1 aromatic heterocycles. The SMILES string of the molecule is FC(F)(F)c1ccc(N2CCC(Oc3ccc4ncsc4c3)CC2)cc1. The highest BCUT2D eigenvalue weighted by molar-refractivity contribution is 7.16. The summed E-state index contributed by atoms with van der Waals surface area (Å²) in [5.74, 6) is 0.842. The lowest BCUT2D eigenvalue weighted by Gasteiger charge is -2.33. The fraction of sp³-hybridized carbons (Fsp3) is 0.316. The Morgan fingerprint density at radius 2 is 1.77 bits per heavy atom. The van der Waals surface area contributed by atoms with E-state index in [0.29, 0.717) is 0 Å². The van der Waals surface area contributed by atoms with Gasteiger partial charge in [0.15, 0.2) is 0 Å². The van der Waals surface area contributed by atoms with Crippen LogP contribution in [0.15, 0.2) is 48.0 Å². The van der Waals surface area contributed by atoms with Gasteiger partial charge < -0.3 is 9.64 Å². The molecule has 0 aliphatic carbocycles. The third-order valence-electron chi connectivity index (χ3n) is 4.61. The zero-order valence-electron chi connectivity index (χ0n) is 13.9. The molecule has 136 valence electrons. The Kier molecular flexibility index (Phi) is 4.48. The number of piperidine rings is 1. The Labute approximate surface area is 153 Å². The maximum absolute atomic E-state index is 12.7. The Hall–Kier alpha value is -2.28. The maximum Gasteiger partial charge on any atom is 0.416 e. The molecule has 7 heteroatoms. The van der Waals surface area contributed by atoms with E-state index in [9.17, 15) is 13.2 Å². The molecule has 26 heavy (non-hydrogen) atoms. The molecule has 2 heterocycles. The van der Waals surface area contributed by atoms with Crippen LogP contribution in [0.4, 0.5) is 18.9 Å². The van der Waals surface area contributed by atoms with Crippen LogP contribution < -0.4 is 9.64 Å². The predicted octanol–water partition coefficient (Wildman–Crippen LogP) is 5.36. The van der Waals surface area contributed by atoms with Crippen molar-refractivity contribution in [3.63, 3.8) is 0 Å². The molecule has 1 fully saturated rings. The van der Waals surface area contributed by atoms with Gasteiger partial charge in [0, 0.05) is 31.6 Å². The zero-order chi connectivity index (χ0) is 18.1. The van der Waals surface area contributed by atoms with Crippen LogP contribution >= 0.6 is 11.3 Å². The number of anilines is 1. The summed E-state index contributed by atoms with van der Waals surface area (Å²) in [5.41, 5.74) is 3.00. The summed E-state index contributed by atoms with van der Waals surface area (Å²) in [6.07, 6.45) is -2.51. The van der Waals surface area contributed by atoms with E-state index in [1.165, 1.54) is 0 Å². The predicted molar refractivity (Wildman–Crippen MR) is 96.9 cm³/mol. The van der Waals surface area contributed by atoms with Crippen LogP contribution in [0.25, 0.3) is 10.2 Å². The Bertz CT molecular complexity index is 884. The van der Waals surface area contributed by atoms with Crippen molar-refractivity contribution in [1.82, 2.24) is 4.98 Å². The van der Waals surface area contributed by atoms with Crippen molar-refractivity contribution in [1.29, 1.82) is 0 Å². The second-order valence-electron chi connectivity index (χ2n) is 6.33. The average molecular weight is 378 g/mol. The van der Waals surface area contributed by atoms with Gasteiger partial charge in [0.05, 0.1) is 21.3 Å². The van der Waals surface area contributed by atoms with Gasteiger partial charge in [-0.2, -0.15) is 13.2 Å². The highest BCUT2D eigenvalue weighted by Crippen LogP contribution is 2.31. The summed E-state index contributed by atoms with van der Waals surface area (Å²) in [4.78, 5) is 6.36. The number of alkyl halides is 3. The first-order chi connectivity index (χ1) is 12.5. The van der Waals surface area contributed by atoms with E-state index in [4.69, 9.17) is 4.74 Å². The molecular formula is C19H17F3N2OS. The van der Waals surface area contributed by atoms with E-state index in [1.54, 1.807) is 23.5 Å². The minimum atomic E-state index is -4.29. The van der Waals surface area contributed by atoms with Crippen LogP contribution in [-0.4, -0.2) is 24.2 Å². The van der Waals surface area contributed by atoms with E-state index in [-0.39, 0.29) is 6.10 Å². The van der Waals surface area contributed by atoms with Gasteiger partial charge >= 0.3 is 6.18 Å². The normalized spacial score (nSPS) is 16.2. The maximum atomic E-state index is 12.7. The molecule has 0 spiro atoms. The number of halogens is 3. The second-order valence-corrected chi connectivity index (χ2v) is 7.22. The second kappa shape index (κ2) is 6.79. The molecule has 0 radical (unpaired) electrons. The monoisotopic (exact) mass is 378 g/mol. The number of ether oxygens (including phenoxy) is 1. The quantitative estimate of drug-likeness (QED) is 0.613. The van der Waals surface area contributed by atoms with E-state index >= 15 is 0 Å². The summed E-state index contributed by atoms with van der Waals surface area (Å²) in [5, 5.41) is 0. The van der Waals surface area contributed by atoms with E-state index in [2.05, 4.69) is 9.88 Å². The highest BCUT2D eigenvalue weighted by Gasteiger charge is 2.30. The fourth-order valence-corrected chi connectivity index (χ4v) is 3.90. The van der Waals surface area contributed by atoms with Crippen molar-refractivity contribution in [3.05, 3.63) is 53.5 Å². The van der Waals surface area contributed by atoms with Gasteiger partial charge in [0.25, 0.3) is 0 Å². The molecule has 0 N–H and O–H groups in total. The largest absolute Gasteiger partial charge is 0.490 e. The van der Waals surface area contributed by atoms with Crippen molar-refractivity contribution in [3.8, 4) is 5.75 Å². The van der Waals surface area contributed by atoms with Crippen LogP contribution in [0, 0.1) is 0 Å². The average Bonchev–Trinajstić information content (AvgIpc) is 3.10. The molecule has 1 aliphatic rings. The van der Waals surface area contributed by atoms with Crippen molar-refractivity contribution >= 4 is 27.2 Å². The molecule has 0 bridgehead atoms. The molecule has 1 aliphatic heterocycles. The number of aromatic nitrogens is 1. The van der Waals surface area contributed by atoms with Crippen LogP contribution in [0.2, 0.25) is 0 Å². The Morgan fingerprint density at radius 3 is 2.46 bits per heavy atom. The van der Waals surface area contributed by atoms with Crippen LogP contribution in [0.1, 0.15) is 18.4 Å². The molecule has 1 saturated heterocycles. The van der Waals surface area contributed by atoms with Gasteiger partial charge in [-0.3, -0.25) is 0 Å². The van der Waals surface area contributed by atoms with Crippen molar-refractivity contribution in [2.24, 2.45) is 0 Å². The Morgan fingerprint density at radius 1 is 1.04 bits per heavy atom. The van der Waals surface area contributed by atoms with Crippen molar-refractivity contribution in [2.45, 2.75) is 25.1 Å². The van der Waals surface area contributed by atoms with Crippen LogP contribution in [0.5, 0.6) is 5.75 Å². The van der Waals surface area contributed by atoms with Gasteiger partial charge in [-0.05, 0) is 42.5 Å². The Balaban J connectivity index is 1.36. The standard InChI is InChI=1S/C19H17F3N2OS/c20-19(21,22)13-1-3-14(4-2-13)24-9-7-15(8-10-24)25-16-5-6-17-18(11-16)26-12-23-17/h1-6,11-12,15H,7-10H2. The third-order valence-corrected chi connectivity index (χ3v) is 5.40. The first kappa shape index (κ1) is 17.1. The molecule has 4 rings (SSSR count). The number of rotatable bonds is 3. The number of hydrogen-bond acceptors (Lipinski definition) is 4. The number of hydrogen-bond donors (Lipinski definition) is 0. The molecule has 2 aromatic carbocycles. The molecule has 3 aromatic rings. The third kappa shape index (κ3) is 3.62. The van der Waals surface area contributed by atoms with Gasteiger partial charge in [-0.15, -0.1) is 11.3 Å². The lowest BCUT2D eigenvalue weighted by atomic mass is 10.1. The zero-order valence-corrected chi connectivity index (χ0v) is 14.7. The molecule has 0 unspecified atom stereocenters. The van der Waals surface area contributed by atoms with E-state index in [1.807, 2.05) is 23.7 Å². The first-order valence-electron chi connectivity index (χ1n) is 8.41. The topological polar surface area (TPSA) is 25.4 Å². The molecule has 0 saturated carbocycles.